The SMILES string of the molecule is CC(C)(C)C(=O)OCOP(=O)(COC[C@@H]1C[C@@H](O)[C@H](n2cnc3c(NC4CCCC4)nc(Cl)nc32)O1)OCOC(=O)C(C)(C)C. The third-order valence-corrected chi connectivity index (χ3v) is 8.85. The lowest BCUT2D eigenvalue weighted by Gasteiger charge is -2.22. The Labute approximate surface area is 267 Å². The van der Waals surface area contributed by atoms with Gasteiger partial charge in [-0.2, -0.15) is 9.97 Å². The van der Waals surface area contributed by atoms with Gasteiger partial charge in [-0.05, 0) is 66.0 Å². The zero-order valence-electron chi connectivity index (χ0n) is 26.5. The van der Waals surface area contributed by atoms with Crippen LogP contribution in [-0.2, 0) is 42.1 Å². The number of imidazole rings is 1. The zero-order chi connectivity index (χ0) is 33.0. The molecule has 15 nitrogen and oxygen atoms in total. The van der Waals surface area contributed by atoms with E-state index in [2.05, 4.69) is 20.3 Å². The summed E-state index contributed by atoms with van der Waals surface area (Å²) in [6.07, 6.45) is 3.08. The number of aliphatic hydroxyl groups is 1. The van der Waals surface area contributed by atoms with E-state index in [1.54, 1.807) is 46.1 Å². The minimum atomic E-state index is -4.08. The van der Waals surface area contributed by atoms with Gasteiger partial charge in [0.25, 0.3) is 0 Å². The number of fused-ring (bicyclic) bond motifs is 1. The molecule has 0 radical (unpaired) electrons. The number of carbonyl (C=O) groups is 2. The second kappa shape index (κ2) is 14.6. The highest BCUT2D eigenvalue weighted by Crippen LogP contribution is 2.48. The van der Waals surface area contributed by atoms with E-state index >= 15 is 0 Å². The molecular formula is C28H43ClN5O10P. The lowest BCUT2D eigenvalue weighted by molar-refractivity contribution is -0.162. The summed E-state index contributed by atoms with van der Waals surface area (Å²) in [5.41, 5.74) is -0.704. The molecule has 2 aliphatic rings. The molecule has 3 atom stereocenters. The molecule has 4 rings (SSSR count). The Bertz CT molecular complexity index is 1350. The number of carbonyl (C=O) groups excluding carboxylic acids is 2. The molecule has 1 aliphatic carbocycles. The summed E-state index contributed by atoms with van der Waals surface area (Å²) < 4.78 is 47.4. The number of hydrogen-bond acceptors (Lipinski definition) is 14. The van der Waals surface area contributed by atoms with Gasteiger partial charge >= 0.3 is 19.5 Å². The number of esters is 2. The summed E-state index contributed by atoms with van der Waals surface area (Å²) in [6, 6.07) is 0.277. The lowest BCUT2D eigenvalue weighted by Crippen LogP contribution is -2.25. The molecule has 2 N–H and O–H groups in total. The summed E-state index contributed by atoms with van der Waals surface area (Å²) in [6.45, 7) is 8.52. The molecule has 252 valence electrons. The van der Waals surface area contributed by atoms with Crippen molar-refractivity contribution in [1.29, 1.82) is 0 Å². The number of aliphatic hydroxyl groups excluding tert-OH is 1. The van der Waals surface area contributed by atoms with Crippen LogP contribution in [0.2, 0.25) is 5.28 Å². The van der Waals surface area contributed by atoms with E-state index in [4.69, 9.17) is 39.6 Å². The minimum Gasteiger partial charge on any atom is -0.438 e. The maximum atomic E-state index is 13.4. The summed E-state index contributed by atoms with van der Waals surface area (Å²) in [4.78, 5) is 37.3. The molecule has 1 aliphatic heterocycles. The van der Waals surface area contributed by atoms with E-state index < -0.39 is 68.7 Å². The predicted octanol–water partition coefficient (Wildman–Crippen LogP) is 4.78. The maximum absolute atomic E-state index is 13.4. The number of hydrogen-bond donors (Lipinski definition) is 2. The number of nitrogens with zero attached hydrogens (tertiary/aromatic N) is 4. The van der Waals surface area contributed by atoms with Crippen LogP contribution in [0.5, 0.6) is 0 Å². The average Bonchev–Trinajstić information content (AvgIpc) is 3.68. The van der Waals surface area contributed by atoms with E-state index in [1.807, 2.05) is 0 Å². The molecule has 3 heterocycles. The van der Waals surface area contributed by atoms with Gasteiger partial charge in [0.15, 0.2) is 23.2 Å². The fraction of sp³-hybridized carbons (Fsp3) is 0.750. The van der Waals surface area contributed by atoms with Crippen LogP contribution in [0, 0.1) is 10.8 Å². The van der Waals surface area contributed by atoms with Crippen LogP contribution in [0.3, 0.4) is 0 Å². The number of nitrogens with one attached hydrogen (secondary N) is 1. The molecule has 2 aromatic rings. The van der Waals surface area contributed by atoms with E-state index in [1.165, 1.54) is 6.33 Å². The van der Waals surface area contributed by atoms with Gasteiger partial charge in [-0.3, -0.25) is 27.8 Å². The summed E-state index contributed by atoms with van der Waals surface area (Å²) >= 11 is 6.24. The minimum absolute atomic E-state index is 0.0363. The van der Waals surface area contributed by atoms with Gasteiger partial charge in [0.05, 0.1) is 29.9 Å². The predicted molar refractivity (Wildman–Crippen MR) is 162 cm³/mol. The van der Waals surface area contributed by atoms with Crippen LogP contribution in [0.25, 0.3) is 11.2 Å². The number of aromatic nitrogens is 4. The summed E-state index contributed by atoms with van der Waals surface area (Å²) in [5, 5.41) is 14.3. The van der Waals surface area contributed by atoms with Crippen molar-refractivity contribution in [2.24, 2.45) is 10.8 Å². The highest BCUT2D eigenvalue weighted by Gasteiger charge is 2.38. The van der Waals surface area contributed by atoms with Gasteiger partial charge < -0.3 is 29.4 Å². The van der Waals surface area contributed by atoms with Crippen molar-refractivity contribution in [1.82, 2.24) is 19.5 Å². The largest absolute Gasteiger partial charge is 0.438 e. The number of halogens is 1. The van der Waals surface area contributed by atoms with E-state index in [9.17, 15) is 19.3 Å². The topological polar surface area (TPSA) is 182 Å². The van der Waals surface area contributed by atoms with E-state index in [0.717, 1.165) is 25.7 Å². The fourth-order valence-corrected chi connectivity index (χ4v) is 5.83. The molecule has 0 amide bonds. The van der Waals surface area contributed by atoms with Gasteiger partial charge in [0, 0.05) is 12.5 Å². The van der Waals surface area contributed by atoms with Crippen molar-refractivity contribution >= 4 is 48.1 Å². The van der Waals surface area contributed by atoms with Crippen LogP contribution < -0.4 is 5.32 Å². The normalized spacial score (nSPS) is 21.4. The van der Waals surface area contributed by atoms with Gasteiger partial charge in [-0.25, -0.2) is 4.98 Å². The van der Waals surface area contributed by atoms with Crippen molar-refractivity contribution in [2.45, 2.75) is 98.1 Å². The third-order valence-electron chi connectivity index (χ3n) is 7.19. The van der Waals surface area contributed by atoms with Gasteiger partial charge in [0.1, 0.15) is 12.5 Å². The van der Waals surface area contributed by atoms with E-state index in [0.29, 0.717) is 17.0 Å². The Balaban J connectivity index is 1.37. The molecule has 0 spiro atoms. The number of rotatable bonds is 13. The van der Waals surface area contributed by atoms with Crippen molar-refractivity contribution < 1.29 is 47.3 Å². The Morgan fingerprint density at radius 3 is 2.24 bits per heavy atom. The van der Waals surface area contributed by atoms with Crippen molar-refractivity contribution in [3.63, 3.8) is 0 Å². The molecule has 45 heavy (non-hydrogen) atoms. The third kappa shape index (κ3) is 9.57. The maximum Gasteiger partial charge on any atom is 0.361 e. The first-order chi connectivity index (χ1) is 21.1. The standard InChI is InChI=1S/C28H43ClN5O10P/c1-27(2,3)24(36)40-14-42-45(38,43-15-41-25(37)28(4,5)6)16-39-12-18-11-19(35)23(44-18)34-13-30-20-21(31-17-9-7-8-10-17)32-26(29)33-22(20)34/h13,17-19,23,35H,7-12,14-16H2,1-6H3,(H,31,32,33)/t18-,19+,23+/m0/s1. The van der Waals surface area contributed by atoms with Crippen LogP contribution in [0.15, 0.2) is 6.33 Å². The average molecular weight is 676 g/mol. The second-order valence-corrected chi connectivity index (χ2v) is 15.5. The first-order valence-electron chi connectivity index (χ1n) is 14.9. The van der Waals surface area contributed by atoms with Gasteiger partial charge in [-0.15, -0.1) is 0 Å². The fourth-order valence-electron chi connectivity index (χ4n) is 4.69. The Kier molecular flexibility index (Phi) is 11.5. The molecule has 1 saturated heterocycles. The molecule has 1 saturated carbocycles. The van der Waals surface area contributed by atoms with Crippen LogP contribution in [-0.4, -0.2) is 81.4 Å². The van der Waals surface area contributed by atoms with E-state index in [-0.39, 0.29) is 24.4 Å². The highest BCUT2D eigenvalue weighted by molar-refractivity contribution is 7.53. The first kappa shape index (κ1) is 35.5. The molecule has 2 fully saturated rings. The quantitative estimate of drug-likeness (QED) is 0.128. The summed E-state index contributed by atoms with van der Waals surface area (Å²) in [7, 11) is -4.08. The Morgan fingerprint density at radius 1 is 1.07 bits per heavy atom. The number of ether oxygens (including phenoxy) is 4. The van der Waals surface area contributed by atoms with Crippen LogP contribution in [0.1, 0.15) is 79.9 Å². The first-order valence-corrected chi connectivity index (χ1v) is 17.0. The molecule has 17 heteroatoms. The zero-order valence-corrected chi connectivity index (χ0v) is 28.1. The molecule has 0 bridgehead atoms. The van der Waals surface area contributed by atoms with Gasteiger partial charge in [0.2, 0.25) is 18.9 Å². The molecule has 2 aromatic heterocycles. The van der Waals surface area contributed by atoms with Crippen molar-refractivity contribution in [3.8, 4) is 0 Å². The second-order valence-electron chi connectivity index (χ2n) is 13.2. The van der Waals surface area contributed by atoms with Crippen LogP contribution in [0.4, 0.5) is 5.82 Å². The molecular weight excluding hydrogens is 633 g/mol. The highest BCUT2D eigenvalue weighted by atomic mass is 35.5. The Hall–Kier alpha value is -2.39. The van der Waals surface area contributed by atoms with Gasteiger partial charge in [-0.1, -0.05) is 12.8 Å². The van der Waals surface area contributed by atoms with Crippen LogP contribution >= 0.6 is 19.2 Å². The number of anilines is 1. The monoisotopic (exact) mass is 675 g/mol. The molecule has 0 aromatic carbocycles. The van der Waals surface area contributed by atoms with Crippen molar-refractivity contribution in [2.75, 3.05) is 31.9 Å². The molecule has 0 unspecified atom stereocenters. The lowest BCUT2D eigenvalue weighted by atomic mass is 9.98. The smallest absolute Gasteiger partial charge is 0.361 e. The summed E-state index contributed by atoms with van der Waals surface area (Å²) in [5.74, 6) is -0.623. The van der Waals surface area contributed by atoms with Crippen molar-refractivity contribution in [3.05, 3.63) is 11.6 Å². The Morgan fingerprint density at radius 2 is 1.67 bits per heavy atom.